The van der Waals surface area contributed by atoms with Gasteiger partial charge in [-0.1, -0.05) is 72.8 Å². The van der Waals surface area contributed by atoms with E-state index in [0.29, 0.717) is 5.56 Å². The van der Waals surface area contributed by atoms with Crippen molar-refractivity contribution in [3.63, 3.8) is 0 Å². The van der Waals surface area contributed by atoms with Gasteiger partial charge in [0.25, 0.3) is 0 Å². The van der Waals surface area contributed by atoms with Gasteiger partial charge in [0.1, 0.15) is 12.0 Å². The predicted molar refractivity (Wildman–Crippen MR) is 106 cm³/mol. The molecule has 136 valence electrons. The molecule has 3 aromatic carbocycles. The first-order valence-electron chi connectivity index (χ1n) is 8.96. The number of methoxy groups -OCH3 is 1. The SMILES string of the molecule is COc1ccc([C@H](CC=O)[C@H](C(=O)c2ccccc2)c2ccccc2)cc1. The molecule has 0 aliphatic heterocycles. The average Bonchev–Trinajstić information content (AvgIpc) is 2.75. The van der Waals surface area contributed by atoms with E-state index in [1.165, 1.54) is 0 Å². The van der Waals surface area contributed by atoms with Crippen molar-refractivity contribution in [3.8, 4) is 5.75 Å². The molecule has 0 aliphatic carbocycles. The maximum atomic E-state index is 13.4. The van der Waals surface area contributed by atoms with Gasteiger partial charge < -0.3 is 9.53 Å². The van der Waals surface area contributed by atoms with E-state index in [-0.39, 0.29) is 18.1 Å². The molecule has 0 aromatic heterocycles. The minimum atomic E-state index is -0.438. The second-order valence-corrected chi connectivity index (χ2v) is 6.40. The molecule has 0 saturated carbocycles. The zero-order valence-electron chi connectivity index (χ0n) is 15.2. The normalized spacial score (nSPS) is 12.8. The number of rotatable bonds is 8. The molecular weight excluding hydrogens is 336 g/mol. The summed E-state index contributed by atoms with van der Waals surface area (Å²) in [6.07, 6.45) is 1.16. The Morgan fingerprint density at radius 3 is 2.00 bits per heavy atom. The Morgan fingerprint density at radius 1 is 0.852 bits per heavy atom. The number of ketones is 1. The Bertz CT molecular complexity index is 871. The number of hydrogen-bond donors (Lipinski definition) is 0. The summed E-state index contributed by atoms with van der Waals surface area (Å²) in [6.45, 7) is 0. The molecule has 0 aliphatic rings. The van der Waals surface area contributed by atoms with Gasteiger partial charge in [-0.25, -0.2) is 0 Å². The van der Waals surface area contributed by atoms with Crippen LogP contribution in [0.5, 0.6) is 5.75 Å². The number of hydrogen-bond acceptors (Lipinski definition) is 3. The fourth-order valence-corrected chi connectivity index (χ4v) is 3.43. The third kappa shape index (κ3) is 4.32. The predicted octanol–water partition coefficient (Wildman–Crippen LogP) is 5.03. The molecule has 2 atom stereocenters. The molecule has 27 heavy (non-hydrogen) atoms. The Labute approximate surface area is 159 Å². The van der Waals surface area contributed by atoms with Gasteiger partial charge in [-0.05, 0) is 23.3 Å². The lowest BCUT2D eigenvalue weighted by molar-refractivity contribution is -0.108. The Balaban J connectivity index is 2.07. The van der Waals surface area contributed by atoms with Crippen molar-refractivity contribution in [2.75, 3.05) is 7.11 Å². The van der Waals surface area contributed by atoms with Crippen LogP contribution >= 0.6 is 0 Å². The zero-order valence-corrected chi connectivity index (χ0v) is 15.2. The minimum Gasteiger partial charge on any atom is -0.497 e. The van der Waals surface area contributed by atoms with Crippen LogP contribution < -0.4 is 4.74 Å². The van der Waals surface area contributed by atoms with E-state index in [0.717, 1.165) is 23.2 Å². The summed E-state index contributed by atoms with van der Waals surface area (Å²) < 4.78 is 5.23. The molecule has 0 unspecified atom stereocenters. The van der Waals surface area contributed by atoms with E-state index in [2.05, 4.69) is 0 Å². The van der Waals surface area contributed by atoms with Gasteiger partial charge in [-0.3, -0.25) is 4.79 Å². The van der Waals surface area contributed by atoms with Gasteiger partial charge in [0.15, 0.2) is 5.78 Å². The summed E-state index contributed by atoms with van der Waals surface area (Å²) in [5.41, 5.74) is 2.51. The van der Waals surface area contributed by atoms with Crippen molar-refractivity contribution < 1.29 is 14.3 Å². The summed E-state index contributed by atoms with van der Waals surface area (Å²) in [7, 11) is 1.61. The molecule has 0 bridgehead atoms. The Hall–Kier alpha value is -3.20. The minimum absolute atomic E-state index is 0.0180. The first-order chi connectivity index (χ1) is 13.2. The van der Waals surface area contributed by atoms with Gasteiger partial charge in [0.05, 0.1) is 13.0 Å². The van der Waals surface area contributed by atoms with E-state index >= 15 is 0 Å². The van der Waals surface area contributed by atoms with Crippen LogP contribution in [-0.4, -0.2) is 19.2 Å². The van der Waals surface area contributed by atoms with Crippen LogP contribution in [0.15, 0.2) is 84.9 Å². The molecule has 0 saturated heterocycles. The van der Waals surface area contributed by atoms with Crippen LogP contribution in [0.3, 0.4) is 0 Å². The molecule has 0 fully saturated rings. The number of aldehydes is 1. The highest BCUT2D eigenvalue weighted by Gasteiger charge is 2.31. The van der Waals surface area contributed by atoms with Crippen LogP contribution in [0.4, 0.5) is 0 Å². The van der Waals surface area contributed by atoms with E-state index < -0.39 is 5.92 Å². The number of benzene rings is 3. The fourth-order valence-electron chi connectivity index (χ4n) is 3.43. The average molecular weight is 358 g/mol. The van der Waals surface area contributed by atoms with Crippen LogP contribution in [0.25, 0.3) is 0 Å². The van der Waals surface area contributed by atoms with E-state index in [1.54, 1.807) is 7.11 Å². The Kier molecular flexibility index (Phi) is 6.16. The van der Waals surface area contributed by atoms with Crippen molar-refractivity contribution in [1.29, 1.82) is 0 Å². The van der Waals surface area contributed by atoms with Crippen molar-refractivity contribution in [1.82, 2.24) is 0 Å². The van der Waals surface area contributed by atoms with Gasteiger partial charge in [0.2, 0.25) is 0 Å². The molecule has 3 rings (SSSR count). The molecule has 0 N–H and O–H groups in total. The quantitative estimate of drug-likeness (QED) is 0.419. The molecule has 0 spiro atoms. The third-order valence-corrected chi connectivity index (χ3v) is 4.80. The summed E-state index contributed by atoms with van der Waals surface area (Å²) in [6, 6.07) is 26.5. The molecule has 0 radical (unpaired) electrons. The van der Waals surface area contributed by atoms with Crippen LogP contribution in [-0.2, 0) is 4.79 Å². The van der Waals surface area contributed by atoms with Gasteiger partial charge in [0, 0.05) is 17.9 Å². The van der Waals surface area contributed by atoms with Crippen molar-refractivity contribution in [3.05, 3.63) is 102 Å². The first-order valence-corrected chi connectivity index (χ1v) is 8.96. The zero-order chi connectivity index (χ0) is 19.1. The van der Waals surface area contributed by atoms with Gasteiger partial charge in [-0.2, -0.15) is 0 Å². The molecule has 3 aromatic rings. The lowest BCUT2D eigenvalue weighted by atomic mass is 9.76. The smallest absolute Gasteiger partial charge is 0.170 e. The second-order valence-electron chi connectivity index (χ2n) is 6.40. The van der Waals surface area contributed by atoms with Crippen molar-refractivity contribution in [2.24, 2.45) is 0 Å². The summed E-state index contributed by atoms with van der Waals surface area (Å²) >= 11 is 0. The van der Waals surface area contributed by atoms with Crippen LogP contribution in [0.2, 0.25) is 0 Å². The van der Waals surface area contributed by atoms with E-state index in [9.17, 15) is 9.59 Å². The van der Waals surface area contributed by atoms with Crippen molar-refractivity contribution in [2.45, 2.75) is 18.3 Å². The van der Waals surface area contributed by atoms with Crippen LogP contribution in [0.1, 0.15) is 39.7 Å². The molecular formula is C24H22O3. The summed E-state index contributed by atoms with van der Waals surface area (Å²) in [5, 5.41) is 0. The third-order valence-electron chi connectivity index (χ3n) is 4.80. The summed E-state index contributed by atoms with van der Waals surface area (Å²) in [4.78, 5) is 24.9. The lowest BCUT2D eigenvalue weighted by Crippen LogP contribution is -2.21. The Morgan fingerprint density at radius 2 is 1.44 bits per heavy atom. The van der Waals surface area contributed by atoms with E-state index in [4.69, 9.17) is 4.74 Å². The van der Waals surface area contributed by atoms with Gasteiger partial charge >= 0.3 is 0 Å². The maximum Gasteiger partial charge on any atom is 0.170 e. The lowest BCUT2D eigenvalue weighted by Gasteiger charge is -2.26. The molecule has 0 heterocycles. The fraction of sp³-hybridized carbons (Fsp3) is 0.167. The monoisotopic (exact) mass is 358 g/mol. The number of Topliss-reactive ketones (excluding diaryl/α,β-unsaturated/α-hetero) is 1. The standard InChI is InChI=1S/C24H22O3/c1-27-21-14-12-18(13-15-21)22(16-17-25)23(19-8-4-2-5-9-19)24(26)20-10-6-3-7-11-20/h2-15,17,22-23H,16H2,1H3/t22-,23+/m0/s1. The number of carbonyl (C=O) groups excluding carboxylic acids is 2. The number of ether oxygens (including phenoxy) is 1. The highest BCUT2D eigenvalue weighted by Crippen LogP contribution is 2.38. The highest BCUT2D eigenvalue weighted by molar-refractivity contribution is 6.01. The highest BCUT2D eigenvalue weighted by atomic mass is 16.5. The summed E-state index contributed by atoms with van der Waals surface area (Å²) in [5.74, 6) is 0.0782. The van der Waals surface area contributed by atoms with E-state index in [1.807, 2.05) is 84.9 Å². The number of carbonyl (C=O) groups is 2. The molecule has 0 amide bonds. The maximum absolute atomic E-state index is 13.4. The topological polar surface area (TPSA) is 43.4 Å². The van der Waals surface area contributed by atoms with Gasteiger partial charge in [-0.15, -0.1) is 0 Å². The van der Waals surface area contributed by atoms with Crippen LogP contribution in [0, 0.1) is 0 Å². The first kappa shape index (κ1) is 18.6. The van der Waals surface area contributed by atoms with Crippen molar-refractivity contribution >= 4 is 12.1 Å². The molecule has 3 nitrogen and oxygen atoms in total. The largest absolute Gasteiger partial charge is 0.497 e. The molecule has 3 heteroatoms. The second kappa shape index (κ2) is 8.95.